The third-order valence-electron chi connectivity index (χ3n) is 4.51. The van der Waals surface area contributed by atoms with Crippen LogP contribution < -0.4 is 5.59 Å². The molecule has 1 aromatic rings. The fourth-order valence-electron chi connectivity index (χ4n) is 2.45. The Labute approximate surface area is 126 Å². The summed E-state index contributed by atoms with van der Waals surface area (Å²) in [5.74, 6) is 0.168. The largest absolute Gasteiger partial charge is 0.514 e. The second kappa shape index (κ2) is 5.36. The van der Waals surface area contributed by atoms with Gasteiger partial charge in [0, 0.05) is 11.6 Å². The number of nitrogens with zero attached hydrogens (tertiary/aromatic N) is 1. The number of rotatable bonds is 2. The molecule has 0 amide bonds. The van der Waals surface area contributed by atoms with Crippen molar-refractivity contribution in [1.82, 2.24) is 4.98 Å². The second-order valence-corrected chi connectivity index (χ2v) is 6.63. The van der Waals surface area contributed by atoms with Gasteiger partial charge in [-0.3, -0.25) is 4.98 Å². The van der Waals surface area contributed by atoms with E-state index in [1.807, 2.05) is 45.9 Å². The summed E-state index contributed by atoms with van der Waals surface area (Å²) in [7, 11) is -0.430. The number of hydrogen-bond acceptors (Lipinski definition) is 5. The fourth-order valence-corrected chi connectivity index (χ4v) is 2.45. The molecule has 114 valence electrons. The molecular formula is C15H22BNO4. The van der Waals surface area contributed by atoms with Gasteiger partial charge in [0.2, 0.25) is 0 Å². The lowest BCUT2D eigenvalue weighted by molar-refractivity contribution is -0.108. The van der Waals surface area contributed by atoms with Crippen LogP contribution in [0.4, 0.5) is 0 Å². The zero-order valence-corrected chi connectivity index (χ0v) is 13.1. The van der Waals surface area contributed by atoms with Crippen molar-refractivity contribution in [3.8, 4) is 0 Å². The molecule has 0 N–H and O–H groups in total. The maximum absolute atomic E-state index is 6.05. The summed E-state index contributed by atoms with van der Waals surface area (Å²) in [5, 5.41) is 0. The Morgan fingerprint density at radius 2 is 1.67 bits per heavy atom. The molecule has 3 rings (SSSR count). The number of hydrogen-bond donors (Lipinski definition) is 0. The van der Waals surface area contributed by atoms with Gasteiger partial charge in [-0.2, -0.15) is 0 Å². The highest BCUT2D eigenvalue weighted by Crippen LogP contribution is 2.36. The minimum Gasteiger partial charge on any atom is -0.398 e. The minimum absolute atomic E-state index is 0.168. The molecule has 2 aliphatic heterocycles. The van der Waals surface area contributed by atoms with Gasteiger partial charge in [0.1, 0.15) is 6.79 Å². The van der Waals surface area contributed by atoms with Gasteiger partial charge in [0.25, 0.3) is 0 Å². The van der Waals surface area contributed by atoms with E-state index >= 15 is 0 Å². The highest BCUT2D eigenvalue weighted by Gasteiger charge is 2.52. The molecule has 3 heterocycles. The molecule has 0 atom stereocenters. The monoisotopic (exact) mass is 291 g/mol. The molecule has 5 nitrogen and oxygen atoms in total. The van der Waals surface area contributed by atoms with Gasteiger partial charge in [-0.15, -0.1) is 0 Å². The van der Waals surface area contributed by atoms with Gasteiger partial charge in [0.15, 0.2) is 0 Å². The van der Waals surface area contributed by atoms with Gasteiger partial charge in [-0.05, 0) is 39.8 Å². The SMILES string of the molecule is CC1(C)OB(c2cccc(C3COCOC3)n2)OC1(C)C. The molecule has 0 radical (unpaired) electrons. The molecule has 0 spiro atoms. The first-order valence-corrected chi connectivity index (χ1v) is 7.37. The Bertz CT molecular complexity index is 498. The molecule has 6 heteroatoms. The number of aromatic nitrogens is 1. The molecule has 2 saturated heterocycles. The van der Waals surface area contributed by atoms with E-state index in [1.165, 1.54) is 0 Å². The third kappa shape index (κ3) is 2.86. The van der Waals surface area contributed by atoms with Crippen molar-refractivity contribution in [3.63, 3.8) is 0 Å². The van der Waals surface area contributed by atoms with Crippen LogP contribution in [-0.4, -0.2) is 43.3 Å². The molecule has 0 aliphatic carbocycles. The van der Waals surface area contributed by atoms with Crippen molar-refractivity contribution in [2.24, 2.45) is 0 Å². The van der Waals surface area contributed by atoms with E-state index in [-0.39, 0.29) is 17.1 Å². The average Bonchev–Trinajstić information content (AvgIpc) is 2.69. The zero-order chi connectivity index (χ0) is 15.1. The summed E-state index contributed by atoms with van der Waals surface area (Å²) in [4.78, 5) is 4.70. The Morgan fingerprint density at radius 1 is 1.05 bits per heavy atom. The smallest absolute Gasteiger partial charge is 0.398 e. The second-order valence-electron chi connectivity index (χ2n) is 6.63. The highest BCUT2D eigenvalue weighted by molar-refractivity contribution is 6.61. The Hall–Kier alpha value is -0.945. The van der Waals surface area contributed by atoms with Crippen LogP contribution in [0, 0.1) is 0 Å². The molecule has 0 aromatic carbocycles. The Kier molecular flexibility index (Phi) is 3.82. The van der Waals surface area contributed by atoms with E-state index in [1.54, 1.807) is 0 Å². The van der Waals surface area contributed by atoms with Gasteiger partial charge >= 0.3 is 7.12 Å². The summed E-state index contributed by atoms with van der Waals surface area (Å²) in [6.07, 6.45) is 0. The molecule has 0 bridgehead atoms. The fraction of sp³-hybridized carbons (Fsp3) is 0.667. The topological polar surface area (TPSA) is 49.8 Å². The number of ether oxygens (including phenoxy) is 2. The Balaban J connectivity index is 1.81. The van der Waals surface area contributed by atoms with E-state index in [4.69, 9.17) is 23.8 Å². The van der Waals surface area contributed by atoms with Crippen LogP contribution in [0.2, 0.25) is 0 Å². The highest BCUT2D eigenvalue weighted by atomic mass is 16.7. The predicted octanol–water partition coefficient (Wildman–Crippen LogP) is 1.47. The molecule has 1 aromatic heterocycles. The maximum Gasteiger partial charge on any atom is 0.514 e. The van der Waals surface area contributed by atoms with Crippen molar-refractivity contribution in [3.05, 3.63) is 23.9 Å². The summed E-state index contributed by atoms with van der Waals surface area (Å²) in [6, 6.07) is 5.92. The minimum atomic E-state index is -0.430. The van der Waals surface area contributed by atoms with Crippen LogP contribution in [0.1, 0.15) is 39.3 Å². The van der Waals surface area contributed by atoms with Gasteiger partial charge in [0.05, 0.1) is 30.0 Å². The van der Waals surface area contributed by atoms with E-state index in [0.717, 1.165) is 11.3 Å². The lowest BCUT2D eigenvalue weighted by Crippen LogP contribution is -2.41. The normalized spacial score (nSPS) is 25.2. The molecule has 2 fully saturated rings. The van der Waals surface area contributed by atoms with Crippen molar-refractivity contribution in [1.29, 1.82) is 0 Å². The molecule has 0 unspecified atom stereocenters. The standard InChI is InChI=1S/C15H22BNO4/c1-14(2)15(3,4)21-16(20-14)13-7-5-6-12(17-13)11-8-18-10-19-9-11/h5-7,11H,8-10H2,1-4H3. The lowest BCUT2D eigenvalue weighted by Gasteiger charge is -2.32. The molecule has 0 saturated carbocycles. The first kappa shape index (κ1) is 15.0. The van der Waals surface area contributed by atoms with Crippen molar-refractivity contribution >= 4 is 12.7 Å². The van der Waals surface area contributed by atoms with Crippen LogP contribution in [0.5, 0.6) is 0 Å². The molecule has 21 heavy (non-hydrogen) atoms. The van der Waals surface area contributed by atoms with Crippen LogP contribution >= 0.6 is 0 Å². The summed E-state index contributed by atoms with van der Waals surface area (Å²) in [6.45, 7) is 9.81. The summed E-state index contributed by atoms with van der Waals surface area (Å²) < 4.78 is 22.8. The first-order valence-electron chi connectivity index (χ1n) is 7.37. The predicted molar refractivity (Wildman–Crippen MR) is 79.5 cm³/mol. The number of pyridine rings is 1. The maximum atomic E-state index is 6.05. The van der Waals surface area contributed by atoms with Gasteiger partial charge in [-0.1, -0.05) is 6.07 Å². The third-order valence-corrected chi connectivity index (χ3v) is 4.51. The average molecular weight is 291 g/mol. The lowest BCUT2D eigenvalue weighted by atomic mass is 9.83. The van der Waals surface area contributed by atoms with E-state index in [2.05, 4.69) is 0 Å². The van der Waals surface area contributed by atoms with Gasteiger partial charge < -0.3 is 18.8 Å². The summed E-state index contributed by atoms with van der Waals surface area (Å²) in [5.41, 5.74) is 1.05. The van der Waals surface area contributed by atoms with Gasteiger partial charge in [-0.25, -0.2) is 0 Å². The van der Waals surface area contributed by atoms with Crippen molar-refractivity contribution < 1.29 is 18.8 Å². The molecule has 2 aliphatic rings. The summed E-state index contributed by atoms with van der Waals surface area (Å²) >= 11 is 0. The zero-order valence-electron chi connectivity index (χ0n) is 13.1. The van der Waals surface area contributed by atoms with Crippen LogP contribution in [0.3, 0.4) is 0 Å². The van der Waals surface area contributed by atoms with E-state index < -0.39 is 7.12 Å². The van der Waals surface area contributed by atoms with Crippen LogP contribution in [0.15, 0.2) is 18.2 Å². The van der Waals surface area contributed by atoms with Crippen molar-refractivity contribution in [2.75, 3.05) is 20.0 Å². The van der Waals surface area contributed by atoms with E-state index in [0.29, 0.717) is 20.0 Å². The quantitative estimate of drug-likeness (QED) is 0.772. The molecular weight excluding hydrogens is 269 g/mol. The first-order chi connectivity index (χ1) is 9.89. The van der Waals surface area contributed by atoms with Crippen LogP contribution in [0.25, 0.3) is 0 Å². The van der Waals surface area contributed by atoms with Crippen LogP contribution in [-0.2, 0) is 18.8 Å². The Morgan fingerprint density at radius 3 is 2.29 bits per heavy atom. The van der Waals surface area contributed by atoms with Crippen molar-refractivity contribution in [2.45, 2.75) is 44.8 Å². The van der Waals surface area contributed by atoms with E-state index in [9.17, 15) is 0 Å².